The zero-order valence-electron chi connectivity index (χ0n) is 7.89. The highest BCUT2D eigenvalue weighted by molar-refractivity contribution is 4.96. The highest BCUT2D eigenvalue weighted by Gasteiger charge is 2.54. The Balaban J connectivity index is 2.78. The molecule has 1 rings (SSSR count). The lowest BCUT2D eigenvalue weighted by molar-refractivity contribution is -0.262. The minimum Gasteiger partial charge on any atom is -0.391 e. The summed E-state index contributed by atoms with van der Waals surface area (Å²) in [4.78, 5) is 0. The van der Waals surface area contributed by atoms with Gasteiger partial charge >= 0.3 is 0 Å². The molecule has 0 saturated carbocycles. The van der Waals surface area contributed by atoms with E-state index in [4.69, 9.17) is 11.2 Å². The molecule has 0 aliphatic carbocycles. The van der Waals surface area contributed by atoms with E-state index in [0.29, 0.717) is 0 Å². The average Bonchev–Trinajstić information content (AvgIpc) is 2.44. The third kappa shape index (κ3) is 1.55. The number of halogens is 1. The maximum absolute atomic E-state index is 12.3. The van der Waals surface area contributed by atoms with Crippen molar-refractivity contribution in [3.8, 4) is 0 Å². The lowest BCUT2D eigenvalue weighted by Gasteiger charge is -2.27. The predicted octanol–water partition coefficient (Wildman–Crippen LogP) is -1.59. The number of aliphatic hydroxyl groups excluding tert-OH is 3. The number of alkyl halides is 1. The third-order valence-corrected chi connectivity index (χ3v) is 2.12. The standard InChI is InChI=1S/C7H13FO5/c1-12-7(3-9)6(11)5(10)4(2-8)13-7/h4-6,9-11H,2-3H2,1H3/t4-,5-,6+,7?/m1/s1/i1D. The Labute approximate surface area is 76.1 Å². The number of hydrogen-bond acceptors (Lipinski definition) is 5. The van der Waals surface area contributed by atoms with Crippen LogP contribution >= 0.6 is 0 Å². The zero-order valence-corrected chi connectivity index (χ0v) is 6.89. The van der Waals surface area contributed by atoms with E-state index in [0.717, 1.165) is 0 Å². The molecule has 78 valence electrons. The molecule has 1 unspecified atom stereocenters. The minimum atomic E-state index is -1.88. The second-order valence-electron chi connectivity index (χ2n) is 2.86. The van der Waals surface area contributed by atoms with E-state index in [1.165, 1.54) is 0 Å². The van der Waals surface area contributed by atoms with Crippen molar-refractivity contribution < 1.29 is 30.6 Å². The summed E-state index contributed by atoms with van der Waals surface area (Å²) in [7, 11) is -0.566. The fourth-order valence-electron chi connectivity index (χ4n) is 1.28. The summed E-state index contributed by atoms with van der Waals surface area (Å²) < 4.78 is 28.6. The summed E-state index contributed by atoms with van der Waals surface area (Å²) in [6.07, 6.45) is -4.25. The van der Waals surface area contributed by atoms with Gasteiger partial charge in [-0.1, -0.05) is 0 Å². The van der Waals surface area contributed by atoms with E-state index in [9.17, 15) is 14.6 Å². The number of ether oxygens (including phenoxy) is 2. The minimum absolute atomic E-state index is 0.566. The van der Waals surface area contributed by atoms with Crippen LogP contribution in [0.5, 0.6) is 0 Å². The second-order valence-corrected chi connectivity index (χ2v) is 2.86. The molecule has 0 amide bonds. The Morgan fingerprint density at radius 3 is 2.77 bits per heavy atom. The molecule has 6 heteroatoms. The van der Waals surface area contributed by atoms with Crippen LogP contribution in [0, 0.1) is 0 Å². The SMILES string of the molecule is [2H]COC1(CO)O[C@H](CF)[C@@H](O)[C@@H]1O. The normalized spacial score (nSPS) is 46.5. The molecule has 4 atom stereocenters. The van der Waals surface area contributed by atoms with Crippen molar-refractivity contribution in [2.24, 2.45) is 0 Å². The topological polar surface area (TPSA) is 79.2 Å². The first kappa shape index (κ1) is 9.29. The van der Waals surface area contributed by atoms with E-state index in [1.54, 1.807) is 0 Å². The number of methoxy groups -OCH3 is 1. The maximum Gasteiger partial charge on any atom is 0.221 e. The van der Waals surface area contributed by atoms with Crippen LogP contribution in [0.1, 0.15) is 1.37 Å². The van der Waals surface area contributed by atoms with Gasteiger partial charge in [0.15, 0.2) is 0 Å². The molecule has 0 bridgehead atoms. The number of hydrogen-bond donors (Lipinski definition) is 3. The molecular formula is C7H13FO5. The highest BCUT2D eigenvalue weighted by Crippen LogP contribution is 2.31. The van der Waals surface area contributed by atoms with E-state index in [2.05, 4.69) is 4.74 Å². The Morgan fingerprint density at radius 1 is 1.69 bits per heavy atom. The summed E-state index contributed by atoms with van der Waals surface area (Å²) in [6, 6.07) is 0. The number of rotatable bonds is 3. The Bertz CT molecular complexity index is 195. The lowest BCUT2D eigenvalue weighted by atomic mass is 10.1. The summed E-state index contributed by atoms with van der Waals surface area (Å²) in [6.45, 7) is -1.75. The number of aliphatic hydroxyl groups is 3. The quantitative estimate of drug-likeness (QED) is 0.508. The summed E-state index contributed by atoms with van der Waals surface area (Å²) >= 11 is 0. The Hall–Kier alpha value is -0.270. The second kappa shape index (κ2) is 3.85. The predicted molar refractivity (Wildman–Crippen MR) is 39.7 cm³/mol. The molecule has 0 aromatic carbocycles. The van der Waals surface area contributed by atoms with Gasteiger partial charge in [-0.05, 0) is 0 Å². The van der Waals surface area contributed by atoms with Crippen molar-refractivity contribution in [3.05, 3.63) is 0 Å². The average molecular weight is 197 g/mol. The molecule has 1 aliphatic rings. The van der Waals surface area contributed by atoms with E-state index in [1.807, 2.05) is 0 Å². The van der Waals surface area contributed by atoms with Crippen molar-refractivity contribution >= 4 is 0 Å². The molecule has 3 N–H and O–H groups in total. The first-order chi connectivity index (χ1) is 6.61. The molecular weight excluding hydrogens is 183 g/mol. The Kier molecular flexibility index (Phi) is 2.75. The lowest BCUT2D eigenvalue weighted by Crippen LogP contribution is -2.47. The van der Waals surface area contributed by atoms with Crippen molar-refractivity contribution in [2.75, 3.05) is 20.4 Å². The van der Waals surface area contributed by atoms with Gasteiger partial charge in [0.2, 0.25) is 5.79 Å². The molecule has 1 aliphatic heterocycles. The molecule has 0 aromatic heterocycles. The van der Waals surface area contributed by atoms with Crippen LogP contribution in [-0.2, 0) is 9.47 Å². The van der Waals surface area contributed by atoms with Crippen LogP contribution in [0.3, 0.4) is 0 Å². The fraction of sp³-hybridized carbons (Fsp3) is 1.00. The van der Waals surface area contributed by atoms with Crippen LogP contribution in [0.25, 0.3) is 0 Å². The van der Waals surface area contributed by atoms with Crippen LogP contribution < -0.4 is 0 Å². The molecule has 0 radical (unpaired) electrons. The molecule has 1 heterocycles. The van der Waals surface area contributed by atoms with Gasteiger partial charge in [-0.3, -0.25) is 0 Å². The van der Waals surface area contributed by atoms with Gasteiger partial charge in [-0.15, -0.1) is 0 Å². The zero-order chi connectivity index (χ0) is 10.8. The smallest absolute Gasteiger partial charge is 0.221 e. The molecule has 0 aromatic rings. The molecule has 1 saturated heterocycles. The fourth-order valence-corrected chi connectivity index (χ4v) is 1.28. The van der Waals surface area contributed by atoms with Gasteiger partial charge in [-0.25, -0.2) is 4.39 Å². The van der Waals surface area contributed by atoms with E-state index >= 15 is 0 Å². The maximum atomic E-state index is 12.3. The van der Waals surface area contributed by atoms with Crippen molar-refractivity contribution in [1.29, 1.82) is 0 Å². The monoisotopic (exact) mass is 197 g/mol. The Morgan fingerprint density at radius 2 is 2.38 bits per heavy atom. The molecule has 13 heavy (non-hydrogen) atoms. The van der Waals surface area contributed by atoms with Gasteiger partial charge in [0.25, 0.3) is 0 Å². The van der Waals surface area contributed by atoms with Gasteiger partial charge in [-0.2, -0.15) is 0 Å². The summed E-state index contributed by atoms with van der Waals surface area (Å²) in [5, 5.41) is 27.6. The van der Waals surface area contributed by atoms with Crippen molar-refractivity contribution in [2.45, 2.75) is 24.1 Å². The van der Waals surface area contributed by atoms with Gasteiger partial charge < -0.3 is 24.8 Å². The van der Waals surface area contributed by atoms with Crippen LogP contribution in [0.2, 0.25) is 0 Å². The van der Waals surface area contributed by atoms with Crippen molar-refractivity contribution in [3.63, 3.8) is 0 Å². The summed E-state index contributed by atoms with van der Waals surface area (Å²) in [5.41, 5.74) is 0. The van der Waals surface area contributed by atoms with Crippen molar-refractivity contribution in [1.82, 2.24) is 0 Å². The molecule has 5 nitrogen and oxygen atoms in total. The molecule has 0 spiro atoms. The summed E-state index contributed by atoms with van der Waals surface area (Å²) in [5.74, 6) is -1.88. The van der Waals surface area contributed by atoms with Gasteiger partial charge in [0.1, 0.15) is 31.6 Å². The van der Waals surface area contributed by atoms with Gasteiger partial charge in [0, 0.05) is 7.09 Å². The highest BCUT2D eigenvalue weighted by atomic mass is 19.1. The van der Waals surface area contributed by atoms with Crippen LogP contribution in [0.15, 0.2) is 0 Å². The largest absolute Gasteiger partial charge is 0.391 e. The molecule has 1 fully saturated rings. The van der Waals surface area contributed by atoms with Crippen LogP contribution in [0.4, 0.5) is 4.39 Å². The third-order valence-electron chi connectivity index (χ3n) is 2.12. The first-order valence-electron chi connectivity index (χ1n) is 4.46. The first-order valence-corrected chi connectivity index (χ1v) is 3.75. The van der Waals surface area contributed by atoms with Gasteiger partial charge in [0.05, 0.1) is 1.37 Å². The van der Waals surface area contributed by atoms with E-state index < -0.39 is 44.5 Å². The van der Waals surface area contributed by atoms with Crippen LogP contribution in [-0.4, -0.2) is 59.8 Å². The van der Waals surface area contributed by atoms with E-state index in [-0.39, 0.29) is 0 Å².